The highest BCUT2D eigenvalue weighted by molar-refractivity contribution is 9.10. The van der Waals surface area contributed by atoms with Gasteiger partial charge < -0.3 is 5.32 Å². The Kier molecular flexibility index (Phi) is 3.19. The highest BCUT2D eigenvalue weighted by Gasteiger charge is 2.50. The second kappa shape index (κ2) is 4.81. The topological polar surface area (TPSA) is 12.0 Å². The molecule has 1 nitrogen and oxygen atoms in total. The van der Waals surface area contributed by atoms with Gasteiger partial charge in [0.15, 0.2) is 0 Å². The van der Waals surface area contributed by atoms with Gasteiger partial charge in [-0.25, -0.2) is 4.39 Å². The van der Waals surface area contributed by atoms with E-state index in [1.54, 1.807) is 6.07 Å². The van der Waals surface area contributed by atoms with E-state index in [0.717, 1.165) is 29.9 Å². The maximum atomic E-state index is 13.6. The lowest BCUT2D eigenvalue weighted by Crippen LogP contribution is -2.58. The Labute approximate surface area is 128 Å². The minimum absolute atomic E-state index is 0.158. The fourth-order valence-corrected chi connectivity index (χ4v) is 5.51. The molecule has 0 aliphatic heterocycles. The van der Waals surface area contributed by atoms with Gasteiger partial charge in [-0.1, -0.05) is 6.07 Å². The molecule has 4 aliphatic rings. The molecule has 0 radical (unpaired) electrons. The van der Waals surface area contributed by atoms with E-state index >= 15 is 0 Å². The summed E-state index contributed by atoms with van der Waals surface area (Å²) in [5.74, 6) is 2.70. The van der Waals surface area contributed by atoms with Crippen LogP contribution in [0, 0.1) is 23.6 Å². The van der Waals surface area contributed by atoms with Crippen molar-refractivity contribution in [3.05, 3.63) is 34.1 Å². The van der Waals surface area contributed by atoms with Crippen LogP contribution in [-0.2, 0) is 6.54 Å². The molecule has 1 N–H and O–H groups in total. The number of hydrogen-bond acceptors (Lipinski definition) is 1. The monoisotopic (exact) mass is 337 g/mol. The van der Waals surface area contributed by atoms with Gasteiger partial charge >= 0.3 is 0 Å². The van der Waals surface area contributed by atoms with E-state index in [9.17, 15) is 4.39 Å². The Morgan fingerprint density at radius 3 is 2.25 bits per heavy atom. The third-order valence-corrected chi connectivity index (χ3v) is 6.33. The van der Waals surface area contributed by atoms with Crippen molar-refractivity contribution in [1.29, 1.82) is 0 Å². The first-order valence-electron chi connectivity index (χ1n) is 7.81. The average molecular weight is 338 g/mol. The van der Waals surface area contributed by atoms with Gasteiger partial charge in [-0.05, 0) is 89.9 Å². The van der Waals surface area contributed by atoms with E-state index in [0.29, 0.717) is 10.0 Å². The molecule has 0 unspecified atom stereocenters. The summed E-state index contributed by atoms with van der Waals surface area (Å²) in [4.78, 5) is 0. The third kappa shape index (κ3) is 2.33. The summed E-state index contributed by atoms with van der Waals surface area (Å²) in [5.41, 5.74) is 1.42. The summed E-state index contributed by atoms with van der Waals surface area (Å²) in [5, 5.41) is 3.81. The van der Waals surface area contributed by atoms with Crippen LogP contribution in [0.1, 0.15) is 44.1 Å². The van der Waals surface area contributed by atoms with Gasteiger partial charge in [-0.15, -0.1) is 0 Å². The summed E-state index contributed by atoms with van der Waals surface area (Å²) in [6.07, 6.45) is 8.43. The normalized spacial score (nSPS) is 38.4. The molecule has 0 heterocycles. The first-order chi connectivity index (χ1) is 9.62. The Morgan fingerprint density at radius 1 is 1.10 bits per heavy atom. The Morgan fingerprint density at radius 2 is 1.70 bits per heavy atom. The first kappa shape index (κ1) is 13.3. The highest BCUT2D eigenvalue weighted by Crippen LogP contribution is 2.55. The van der Waals surface area contributed by atoms with Crippen LogP contribution in [0.3, 0.4) is 0 Å². The van der Waals surface area contributed by atoms with Gasteiger partial charge in [0.05, 0.1) is 4.47 Å². The summed E-state index contributed by atoms with van der Waals surface area (Å²) in [6, 6.07) is 5.48. The van der Waals surface area contributed by atoms with Gasteiger partial charge in [0.25, 0.3) is 0 Å². The number of hydrogen-bond donors (Lipinski definition) is 1. The lowest BCUT2D eigenvalue weighted by Gasteiger charge is -2.57. The summed E-state index contributed by atoms with van der Waals surface area (Å²) >= 11 is 3.22. The molecule has 4 saturated carbocycles. The maximum Gasteiger partial charge on any atom is 0.137 e. The highest BCUT2D eigenvalue weighted by atomic mass is 79.9. The van der Waals surface area contributed by atoms with Crippen molar-refractivity contribution in [3.63, 3.8) is 0 Å². The van der Waals surface area contributed by atoms with E-state index in [4.69, 9.17) is 0 Å². The van der Waals surface area contributed by atoms with Crippen LogP contribution in [-0.4, -0.2) is 5.54 Å². The summed E-state index contributed by atoms with van der Waals surface area (Å²) in [7, 11) is 0. The third-order valence-electron chi connectivity index (χ3n) is 5.69. The minimum Gasteiger partial charge on any atom is -0.307 e. The second-order valence-corrected chi connectivity index (χ2v) is 8.15. The number of benzene rings is 1. The predicted octanol–water partition coefficient (Wildman–Crippen LogP) is 4.65. The zero-order valence-corrected chi connectivity index (χ0v) is 13.3. The fraction of sp³-hybridized carbons (Fsp3) is 0.647. The first-order valence-corrected chi connectivity index (χ1v) is 8.60. The molecule has 3 heteroatoms. The van der Waals surface area contributed by atoms with Crippen LogP contribution in [0.25, 0.3) is 0 Å². The molecule has 108 valence electrons. The van der Waals surface area contributed by atoms with Crippen LogP contribution >= 0.6 is 15.9 Å². The molecule has 4 bridgehead atoms. The lowest BCUT2D eigenvalue weighted by atomic mass is 9.53. The molecule has 1 aromatic rings. The molecule has 5 rings (SSSR count). The van der Waals surface area contributed by atoms with Crippen molar-refractivity contribution in [3.8, 4) is 0 Å². The SMILES string of the molecule is Fc1cc(CNC23CC4CC(CC(C4)C2)C3)ccc1Br. The van der Waals surface area contributed by atoms with Crippen molar-refractivity contribution >= 4 is 15.9 Å². The molecule has 4 aliphatic carbocycles. The quantitative estimate of drug-likeness (QED) is 0.846. The van der Waals surface area contributed by atoms with Gasteiger partial charge in [-0.2, -0.15) is 0 Å². The zero-order valence-electron chi connectivity index (χ0n) is 11.7. The Balaban J connectivity index is 1.47. The van der Waals surface area contributed by atoms with Crippen molar-refractivity contribution in [2.45, 2.75) is 50.6 Å². The van der Waals surface area contributed by atoms with E-state index < -0.39 is 0 Å². The predicted molar refractivity (Wildman–Crippen MR) is 81.8 cm³/mol. The molecular weight excluding hydrogens is 317 g/mol. The smallest absolute Gasteiger partial charge is 0.137 e. The number of rotatable bonds is 3. The Hall–Kier alpha value is -0.410. The second-order valence-electron chi connectivity index (χ2n) is 7.30. The van der Waals surface area contributed by atoms with Crippen LogP contribution in [0.2, 0.25) is 0 Å². The standard InChI is InChI=1S/C17H21BrFN/c18-15-2-1-11(6-16(15)19)10-20-17-7-12-3-13(8-17)5-14(4-12)9-17/h1-2,6,12-14,20H,3-5,7-10H2. The maximum absolute atomic E-state index is 13.6. The van der Waals surface area contributed by atoms with Crippen molar-refractivity contribution in [1.82, 2.24) is 5.32 Å². The van der Waals surface area contributed by atoms with Gasteiger partial charge in [0.2, 0.25) is 0 Å². The molecular formula is C17H21BrFN. The summed E-state index contributed by atoms with van der Waals surface area (Å²) < 4.78 is 14.1. The lowest BCUT2D eigenvalue weighted by molar-refractivity contribution is -0.0206. The molecule has 0 spiro atoms. The molecule has 0 amide bonds. The van der Waals surface area contributed by atoms with Gasteiger partial charge in [0.1, 0.15) is 5.82 Å². The number of halogens is 2. The van der Waals surface area contributed by atoms with Crippen LogP contribution in [0.5, 0.6) is 0 Å². The molecule has 0 atom stereocenters. The van der Waals surface area contributed by atoms with Crippen molar-refractivity contribution < 1.29 is 4.39 Å². The van der Waals surface area contributed by atoms with Crippen LogP contribution in [0.15, 0.2) is 22.7 Å². The van der Waals surface area contributed by atoms with E-state index in [-0.39, 0.29) is 5.82 Å². The zero-order chi connectivity index (χ0) is 13.7. The van der Waals surface area contributed by atoms with E-state index in [2.05, 4.69) is 21.2 Å². The van der Waals surface area contributed by atoms with Crippen LogP contribution < -0.4 is 5.32 Å². The minimum atomic E-state index is -0.158. The largest absolute Gasteiger partial charge is 0.307 e. The molecule has 0 saturated heterocycles. The number of nitrogens with one attached hydrogen (secondary N) is 1. The van der Waals surface area contributed by atoms with Crippen LogP contribution in [0.4, 0.5) is 4.39 Å². The Bertz CT molecular complexity index is 492. The van der Waals surface area contributed by atoms with Gasteiger partial charge in [0, 0.05) is 12.1 Å². The van der Waals surface area contributed by atoms with Crippen molar-refractivity contribution in [2.24, 2.45) is 17.8 Å². The van der Waals surface area contributed by atoms with Crippen molar-refractivity contribution in [2.75, 3.05) is 0 Å². The van der Waals surface area contributed by atoms with E-state index in [1.807, 2.05) is 12.1 Å². The van der Waals surface area contributed by atoms with E-state index in [1.165, 1.54) is 38.5 Å². The summed E-state index contributed by atoms with van der Waals surface area (Å²) in [6.45, 7) is 0.802. The van der Waals surface area contributed by atoms with Gasteiger partial charge in [-0.3, -0.25) is 0 Å². The average Bonchev–Trinajstić information content (AvgIpc) is 2.39. The molecule has 0 aromatic heterocycles. The molecule has 1 aromatic carbocycles. The fourth-order valence-electron chi connectivity index (χ4n) is 5.27. The molecule has 4 fully saturated rings. The molecule has 20 heavy (non-hydrogen) atoms.